The normalized spacial score (nSPS) is 11.1. The van der Waals surface area contributed by atoms with Crippen molar-refractivity contribution < 1.29 is 14.3 Å². The SMILES string of the molecule is CCCn1c(C)cc(C(=O)COC(=O)c2ccc3c(c2)nc(C)c(=O)n3CC)c1C. The molecule has 7 heteroatoms. The van der Waals surface area contributed by atoms with Crippen LogP contribution in [0, 0.1) is 20.8 Å². The fourth-order valence-electron chi connectivity index (χ4n) is 3.76. The molecule has 0 atom stereocenters. The molecule has 2 heterocycles. The monoisotopic (exact) mass is 409 g/mol. The van der Waals surface area contributed by atoms with Crippen LogP contribution < -0.4 is 5.56 Å². The number of hydrogen-bond acceptors (Lipinski definition) is 5. The van der Waals surface area contributed by atoms with Crippen molar-refractivity contribution in [1.82, 2.24) is 14.1 Å². The molecular weight excluding hydrogens is 382 g/mol. The van der Waals surface area contributed by atoms with Crippen molar-refractivity contribution in [1.29, 1.82) is 0 Å². The van der Waals surface area contributed by atoms with Crippen LogP contribution in [-0.4, -0.2) is 32.5 Å². The molecule has 0 saturated heterocycles. The molecule has 30 heavy (non-hydrogen) atoms. The average Bonchev–Trinajstić information content (AvgIpc) is 3.01. The lowest BCUT2D eigenvalue weighted by Crippen LogP contribution is -2.23. The van der Waals surface area contributed by atoms with Gasteiger partial charge in [-0.25, -0.2) is 9.78 Å². The van der Waals surface area contributed by atoms with Crippen LogP contribution in [-0.2, 0) is 17.8 Å². The van der Waals surface area contributed by atoms with E-state index in [-0.39, 0.29) is 17.9 Å². The van der Waals surface area contributed by atoms with Crippen molar-refractivity contribution in [2.75, 3.05) is 6.61 Å². The summed E-state index contributed by atoms with van der Waals surface area (Å²) >= 11 is 0. The van der Waals surface area contributed by atoms with Crippen molar-refractivity contribution >= 4 is 22.8 Å². The highest BCUT2D eigenvalue weighted by Gasteiger charge is 2.18. The van der Waals surface area contributed by atoms with E-state index in [0.29, 0.717) is 34.4 Å². The molecule has 0 radical (unpaired) electrons. The third kappa shape index (κ3) is 3.92. The molecule has 0 bridgehead atoms. The lowest BCUT2D eigenvalue weighted by atomic mass is 10.1. The van der Waals surface area contributed by atoms with Crippen LogP contribution in [0.4, 0.5) is 0 Å². The Morgan fingerprint density at radius 3 is 2.47 bits per heavy atom. The van der Waals surface area contributed by atoms with Gasteiger partial charge in [0.05, 0.1) is 16.6 Å². The number of ketones is 1. The molecule has 2 aromatic heterocycles. The largest absolute Gasteiger partial charge is 0.454 e. The summed E-state index contributed by atoms with van der Waals surface area (Å²) in [4.78, 5) is 41.6. The third-order valence-corrected chi connectivity index (χ3v) is 5.32. The Morgan fingerprint density at radius 1 is 1.07 bits per heavy atom. The quantitative estimate of drug-likeness (QED) is 0.440. The number of carbonyl (C=O) groups is 2. The first-order chi connectivity index (χ1) is 14.3. The van der Waals surface area contributed by atoms with Gasteiger partial charge in [0.1, 0.15) is 5.69 Å². The van der Waals surface area contributed by atoms with Crippen molar-refractivity contribution in [3.8, 4) is 0 Å². The zero-order chi connectivity index (χ0) is 22.0. The Labute approximate surface area is 175 Å². The molecule has 158 valence electrons. The molecule has 3 aromatic rings. The maximum absolute atomic E-state index is 12.6. The highest BCUT2D eigenvalue weighted by atomic mass is 16.5. The number of Topliss-reactive ketones (excluding diaryl/α,β-unsaturated/α-hetero) is 1. The van der Waals surface area contributed by atoms with E-state index in [1.165, 1.54) is 0 Å². The lowest BCUT2D eigenvalue weighted by molar-refractivity contribution is 0.0474. The van der Waals surface area contributed by atoms with Crippen LogP contribution in [0.15, 0.2) is 29.1 Å². The van der Waals surface area contributed by atoms with E-state index in [4.69, 9.17) is 4.74 Å². The second kappa shape index (κ2) is 8.65. The molecule has 0 unspecified atom stereocenters. The summed E-state index contributed by atoms with van der Waals surface area (Å²) in [6.07, 6.45) is 0.973. The maximum atomic E-state index is 12.6. The fraction of sp³-hybridized carbons (Fsp3) is 0.391. The number of fused-ring (bicyclic) bond motifs is 1. The van der Waals surface area contributed by atoms with Gasteiger partial charge in [0.2, 0.25) is 5.78 Å². The summed E-state index contributed by atoms with van der Waals surface area (Å²) in [5.74, 6) is -0.824. The number of carbonyl (C=O) groups excluding carboxylic acids is 2. The van der Waals surface area contributed by atoms with Crippen LogP contribution in [0.3, 0.4) is 0 Å². The van der Waals surface area contributed by atoms with Crippen LogP contribution in [0.1, 0.15) is 58.1 Å². The smallest absolute Gasteiger partial charge is 0.338 e. The van der Waals surface area contributed by atoms with Crippen LogP contribution in [0.5, 0.6) is 0 Å². The van der Waals surface area contributed by atoms with Gasteiger partial charge >= 0.3 is 5.97 Å². The summed E-state index contributed by atoms with van der Waals surface area (Å²) in [6.45, 7) is 10.5. The molecule has 0 aliphatic rings. The summed E-state index contributed by atoms with van der Waals surface area (Å²) in [7, 11) is 0. The first-order valence-electron chi connectivity index (χ1n) is 10.2. The number of aromatic nitrogens is 3. The average molecular weight is 409 g/mol. The number of aryl methyl sites for hydroxylation is 3. The van der Waals surface area contributed by atoms with Crippen molar-refractivity contribution in [2.45, 2.75) is 54.1 Å². The number of rotatable bonds is 7. The van der Waals surface area contributed by atoms with Crippen LogP contribution >= 0.6 is 0 Å². The first kappa shape index (κ1) is 21.5. The summed E-state index contributed by atoms with van der Waals surface area (Å²) < 4.78 is 8.98. The molecule has 0 amide bonds. The van der Waals surface area contributed by atoms with Crippen LogP contribution in [0.25, 0.3) is 11.0 Å². The molecule has 7 nitrogen and oxygen atoms in total. The highest BCUT2D eigenvalue weighted by molar-refractivity contribution is 6.01. The Morgan fingerprint density at radius 2 is 1.80 bits per heavy atom. The number of benzene rings is 1. The van der Waals surface area contributed by atoms with Gasteiger partial charge in [0, 0.05) is 30.0 Å². The Bertz CT molecular complexity index is 1190. The van der Waals surface area contributed by atoms with Gasteiger partial charge in [-0.2, -0.15) is 0 Å². The summed E-state index contributed by atoms with van der Waals surface area (Å²) in [5.41, 5.74) is 4.19. The summed E-state index contributed by atoms with van der Waals surface area (Å²) in [6, 6.07) is 6.70. The minimum atomic E-state index is -0.596. The molecule has 3 rings (SSSR count). The molecule has 0 spiro atoms. The van der Waals surface area contributed by atoms with E-state index in [2.05, 4.69) is 16.5 Å². The molecule has 0 fully saturated rings. The van der Waals surface area contributed by atoms with E-state index >= 15 is 0 Å². The van der Waals surface area contributed by atoms with Crippen molar-refractivity contribution in [3.63, 3.8) is 0 Å². The number of ether oxygens (including phenoxy) is 1. The first-order valence-corrected chi connectivity index (χ1v) is 10.2. The topological polar surface area (TPSA) is 83.2 Å². The molecule has 0 N–H and O–H groups in total. The Balaban J connectivity index is 1.79. The Kier molecular flexibility index (Phi) is 6.20. The number of esters is 1. The zero-order valence-corrected chi connectivity index (χ0v) is 18.1. The standard InChI is InChI=1S/C23H27N3O4/c1-6-10-26-14(3)11-18(16(26)5)21(27)13-30-23(29)17-8-9-20-19(12-17)24-15(4)22(28)25(20)7-2/h8-9,11-12H,6-7,10,13H2,1-5H3. The fourth-order valence-corrected chi connectivity index (χ4v) is 3.76. The molecule has 0 aliphatic carbocycles. The predicted molar refractivity (Wildman–Crippen MR) is 115 cm³/mol. The minimum absolute atomic E-state index is 0.147. The van der Waals surface area contributed by atoms with Crippen molar-refractivity contribution in [2.24, 2.45) is 0 Å². The number of hydrogen-bond donors (Lipinski definition) is 0. The van der Waals surface area contributed by atoms with Gasteiger partial charge < -0.3 is 13.9 Å². The minimum Gasteiger partial charge on any atom is -0.454 e. The second-order valence-electron chi connectivity index (χ2n) is 7.39. The van der Waals surface area contributed by atoms with Gasteiger partial charge in [-0.3, -0.25) is 9.59 Å². The van der Waals surface area contributed by atoms with Crippen molar-refractivity contribution in [3.05, 3.63) is 62.8 Å². The maximum Gasteiger partial charge on any atom is 0.338 e. The predicted octanol–water partition coefficient (Wildman–Crippen LogP) is 3.59. The highest BCUT2D eigenvalue weighted by Crippen LogP contribution is 2.18. The van der Waals surface area contributed by atoms with Gasteiger partial charge in [-0.15, -0.1) is 0 Å². The van der Waals surface area contributed by atoms with Gasteiger partial charge in [0.25, 0.3) is 5.56 Å². The summed E-state index contributed by atoms with van der Waals surface area (Å²) in [5, 5.41) is 0. The van der Waals surface area contributed by atoms with E-state index in [1.54, 1.807) is 29.7 Å². The lowest BCUT2D eigenvalue weighted by Gasteiger charge is -2.10. The van der Waals surface area contributed by atoms with Gasteiger partial charge in [-0.05, 0) is 58.4 Å². The molecule has 0 aliphatic heterocycles. The Hall–Kier alpha value is -3.22. The van der Waals surface area contributed by atoms with Gasteiger partial charge in [-0.1, -0.05) is 6.92 Å². The third-order valence-electron chi connectivity index (χ3n) is 5.32. The zero-order valence-electron chi connectivity index (χ0n) is 18.1. The molecule has 1 aromatic carbocycles. The number of nitrogens with zero attached hydrogens (tertiary/aromatic N) is 3. The van der Waals surface area contributed by atoms with E-state index in [1.807, 2.05) is 26.8 Å². The van der Waals surface area contributed by atoms with E-state index in [9.17, 15) is 14.4 Å². The van der Waals surface area contributed by atoms with Crippen LogP contribution in [0.2, 0.25) is 0 Å². The van der Waals surface area contributed by atoms with E-state index < -0.39 is 5.97 Å². The molecular formula is C23H27N3O4. The second-order valence-corrected chi connectivity index (χ2v) is 7.39. The molecule has 0 saturated carbocycles. The van der Waals surface area contributed by atoms with Gasteiger partial charge in [0.15, 0.2) is 6.61 Å². The van der Waals surface area contributed by atoms with E-state index in [0.717, 1.165) is 24.4 Å².